The Morgan fingerprint density at radius 3 is 2.67 bits per heavy atom. The molecule has 0 bridgehead atoms. The van der Waals surface area contributed by atoms with Gasteiger partial charge in [0.25, 0.3) is 0 Å². The monoisotopic (exact) mass is 217 g/mol. The van der Waals surface area contributed by atoms with Crippen molar-refractivity contribution in [1.82, 2.24) is 4.98 Å². The molecule has 2 aromatic rings. The fourth-order valence-corrected chi connectivity index (χ4v) is 1.57. The normalized spacial score (nSPS) is 10.6. The molecule has 0 amide bonds. The Morgan fingerprint density at radius 2 is 2.00 bits per heavy atom. The predicted molar refractivity (Wildman–Crippen MR) is 62.0 cm³/mol. The zero-order valence-electron chi connectivity index (χ0n) is 7.68. The number of hydrogen-bond donors (Lipinski definition) is 2. The maximum Gasteiger partial charge on any atom is 0.489 e. The van der Waals surface area contributed by atoms with Gasteiger partial charge >= 0.3 is 7.12 Å². The lowest BCUT2D eigenvalue weighted by molar-refractivity contribution is 0.426. The van der Waals surface area contributed by atoms with Crippen LogP contribution in [-0.2, 0) is 0 Å². The summed E-state index contributed by atoms with van der Waals surface area (Å²) in [6.07, 6.45) is 0. The van der Waals surface area contributed by atoms with Crippen LogP contribution in [0.5, 0.6) is 0 Å². The molecule has 0 aliphatic rings. The van der Waals surface area contributed by atoms with E-state index in [4.69, 9.17) is 29.5 Å². The third-order valence-corrected chi connectivity index (χ3v) is 2.35. The van der Waals surface area contributed by atoms with Gasteiger partial charge in [0, 0.05) is 10.4 Å². The summed E-state index contributed by atoms with van der Waals surface area (Å²) >= 11 is 5.81. The molecule has 0 unspecified atom stereocenters. The van der Waals surface area contributed by atoms with E-state index in [2.05, 4.69) is 4.98 Å². The summed E-state index contributed by atoms with van der Waals surface area (Å²) in [7, 11) is 3.94. The van der Waals surface area contributed by atoms with Gasteiger partial charge in [0.05, 0.1) is 5.52 Å². The zero-order chi connectivity index (χ0) is 11.0. The Hall–Kier alpha value is -1.03. The van der Waals surface area contributed by atoms with Gasteiger partial charge in [-0.25, -0.2) is 0 Å². The third kappa shape index (κ3) is 2.00. The van der Waals surface area contributed by atoms with Gasteiger partial charge in [-0.15, -0.1) is 0 Å². The number of fused-ring (bicyclic) bond motifs is 1. The minimum Gasteiger partial charge on any atom is -0.423 e. The van der Waals surface area contributed by atoms with Crippen LogP contribution in [0, 0.1) is 0 Å². The highest BCUT2D eigenvalue weighted by molar-refractivity contribution is 6.64. The highest BCUT2D eigenvalue weighted by atomic mass is 35.5. The first-order valence-corrected chi connectivity index (χ1v) is 4.67. The van der Waals surface area contributed by atoms with E-state index in [0.29, 0.717) is 10.5 Å². The molecule has 72 valence electrons. The predicted octanol–water partition coefficient (Wildman–Crippen LogP) is -0.638. The number of hydrogen-bond acceptors (Lipinski definition) is 3. The van der Waals surface area contributed by atoms with Crippen LogP contribution in [0.3, 0.4) is 0 Å². The number of benzene rings is 1. The topological polar surface area (TPSA) is 53.4 Å². The van der Waals surface area contributed by atoms with Crippen LogP contribution in [0.25, 0.3) is 10.9 Å². The lowest BCUT2D eigenvalue weighted by Crippen LogP contribution is -2.42. The Bertz CT molecular complexity index is 519. The van der Waals surface area contributed by atoms with Crippen molar-refractivity contribution in [2.45, 2.75) is 0 Å². The largest absolute Gasteiger partial charge is 0.489 e. The molecule has 0 saturated heterocycles. The summed E-state index contributed by atoms with van der Waals surface area (Å²) < 4.78 is 0. The van der Waals surface area contributed by atoms with Crippen molar-refractivity contribution in [2.24, 2.45) is 0 Å². The summed E-state index contributed by atoms with van der Waals surface area (Å²) in [5, 5.41) is 19.4. The second kappa shape index (κ2) is 3.85. The molecular weight excluding hydrogens is 211 g/mol. The average Bonchev–Trinajstić information content (AvgIpc) is 2.17. The first-order chi connectivity index (χ1) is 7.08. The standard InChI is InChI=1S/C9H6B2ClNO2/c10-9-7(11(14)15)4-5-3-6(12)1-2-8(5)13-9/h1-4,14-15H. The van der Waals surface area contributed by atoms with Crippen LogP contribution in [0.4, 0.5) is 0 Å². The molecule has 0 fully saturated rings. The van der Waals surface area contributed by atoms with Crippen LogP contribution in [0.1, 0.15) is 0 Å². The first kappa shape index (κ1) is 10.5. The number of nitrogens with zero attached hydrogens (tertiary/aromatic N) is 1. The number of aromatic nitrogens is 1. The highest BCUT2D eigenvalue weighted by Crippen LogP contribution is 2.15. The molecule has 1 aromatic carbocycles. The molecule has 1 heterocycles. The number of halogens is 1. The van der Waals surface area contributed by atoms with Crippen molar-refractivity contribution < 1.29 is 10.0 Å². The minimum absolute atomic E-state index is 0.111. The van der Waals surface area contributed by atoms with Crippen molar-refractivity contribution >= 4 is 48.5 Å². The van der Waals surface area contributed by atoms with Crippen LogP contribution >= 0.6 is 11.6 Å². The maximum atomic E-state index is 9.04. The smallest absolute Gasteiger partial charge is 0.423 e. The molecule has 0 aliphatic carbocycles. The Kier molecular flexibility index (Phi) is 2.69. The molecule has 0 saturated carbocycles. The van der Waals surface area contributed by atoms with E-state index in [-0.39, 0.29) is 11.1 Å². The molecule has 0 atom stereocenters. The average molecular weight is 217 g/mol. The van der Waals surface area contributed by atoms with E-state index in [1.807, 2.05) is 0 Å². The lowest BCUT2D eigenvalue weighted by atomic mass is 9.74. The van der Waals surface area contributed by atoms with Crippen LogP contribution < -0.4 is 11.1 Å². The Balaban J connectivity index is 2.72. The van der Waals surface area contributed by atoms with Gasteiger partial charge in [-0.1, -0.05) is 17.7 Å². The SMILES string of the molecule is [B]c1nc2ccc(Cl)cc2cc1B(O)O. The molecule has 3 nitrogen and oxygen atoms in total. The van der Waals surface area contributed by atoms with Gasteiger partial charge in [0.15, 0.2) is 0 Å². The summed E-state index contributed by atoms with van der Waals surface area (Å²) in [6, 6.07) is 6.68. The molecular formula is C9H6B2ClNO2. The summed E-state index contributed by atoms with van der Waals surface area (Å²) in [4.78, 5) is 4.04. The zero-order valence-corrected chi connectivity index (χ0v) is 8.44. The molecule has 0 aliphatic heterocycles. The molecule has 2 rings (SSSR count). The minimum atomic E-state index is -1.62. The fourth-order valence-electron chi connectivity index (χ4n) is 1.39. The maximum absolute atomic E-state index is 9.04. The van der Waals surface area contributed by atoms with E-state index in [9.17, 15) is 0 Å². The lowest BCUT2D eigenvalue weighted by Gasteiger charge is -2.06. The van der Waals surface area contributed by atoms with Gasteiger partial charge in [0.2, 0.25) is 0 Å². The van der Waals surface area contributed by atoms with Gasteiger partial charge in [-0.2, -0.15) is 0 Å². The van der Waals surface area contributed by atoms with Gasteiger partial charge < -0.3 is 10.0 Å². The molecule has 15 heavy (non-hydrogen) atoms. The van der Waals surface area contributed by atoms with Gasteiger partial charge in [-0.3, -0.25) is 4.98 Å². The van der Waals surface area contributed by atoms with Crippen LogP contribution in [0.15, 0.2) is 24.3 Å². The quantitative estimate of drug-likeness (QED) is 0.625. The number of rotatable bonds is 1. The van der Waals surface area contributed by atoms with E-state index in [1.165, 1.54) is 0 Å². The molecule has 2 N–H and O–H groups in total. The van der Waals surface area contributed by atoms with Crippen LogP contribution in [-0.4, -0.2) is 30.0 Å². The Morgan fingerprint density at radius 1 is 1.27 bits per heavy atom. The Labute approximate surface area is 93.3 Å². The van der Waals surface area contributed by atoms with E-state index < -0.39 is 7.12 Å². The second-order valence-electron chi connectivity index (χ2n) is 3.17. The van der Waals surface area contributed by atoms with Crippen molar-refractivity contribution in [2.75, 3.05) is 0 Å². The van der Waals surface area contributed by atoms with Gasteiger partial charge in [0.1, 0.15) is 7.85 Å². The highest BCUT2D eigenvalue weighted by Gasteiger charge is 2.15. The molecule has 6 heteroatoms. The van der Waals surface area contributed by atoms with Crippen LogP contribution in [0.2, 0.25) is 5.02 Å². The number of pyridine rings is 1. The molecule has 0 spiro atoms. The van der Waals surface area contributed by atoms with E-state index in [1.54, 1.807) is 24.3 Å². The first-order valence-electron chi connectivity index (χ1n) is 4.30. The van der Waals surface area contributed by atoms with Crippen molar-refractivity contribution in [3.05, 3.63) is 29.3 Å². The summed E-state index contributed by atoms with van der Waals surface area (Å²) in [5.41, 5.74) is 0.964. The van der Waals surface area contributed by atoms with Crippen molar-refractivity contribution in [1.29, 1.82) is 0 Å². The summed E-state index contributed by atoms with van der Waals surface area (Å²) in [5.74, 6) is 0. The molecule has 1 aromatic heterocycles. The van der Waals surface area contributed by atoms with E-state index >= 15 is 0 Å². The fraction of sp³-hybridized carbons (Fsp3) is 0. The summed E-state index contributed by atoms with van der Waals surface area (Å²) in [6.45, 7) is 0. The third-order valence-electron chi connectivity index (χ3n) is 2.12. The van der Waals surface area contributed by atoms with Crippen molar-refractivity contribution in [3.8, 4) is 0 Å². The molecule has 2 radical (unpaired) electrons. The van der Waals surface area contributed by atoms with E-state index in [0.717, 1.165) is 5.39 Å². The van der Waals surface area contributed by atoms with Gasteiger partial charge in [-0.05, 0) is 29.3 Å². The van der Waals surface area contributed by atoms with Crippen molar-refractivity contribution in [3.63, 3.8) is 0 Å². The second-order valence-corrected chi connectivity index (χ2v) is 3.61.